The van der Waals surface area contributed by atoms with Crippen LogP contribution >= 0.6 is 23.2 Å². The van der Waals surface area contributed by atoms with Gasteiger partial charge in [0.05, 0.1) is 11.6 Å². The molecule has 0 aliphatic carbocycles. The molecule has 3 rings (SSSR count). The first-order valence-corrected chi connectivity index (χ1v) is 8.96. The summed E-state index contributed by atoms with van der Waals surface area (Å²) in [6, 6.07) is 3.89. The lowest BCUT2D eigenvalue weighted by molar-refractivity contribution is -0.361. The predicted molar refractivity (Wildman–Crippen MR) is 94.3 cm³/mol. The largest absolute Gasteiger partial charge is 0.461 e. The van der Waals surface area contributed by atoms with Crippen molar-refractivity contribution in [2.45, 2.75) is 57.2 Å². The summed E-state index contributed by atoms with van der Waals surface area (Å²) in [4.78, 5) is 11.6. The third-order valence-electron chi connectivity index (χ3n) is 4.20. The molecule has 2 saturated heterocycles. The summed E-state index contributed by atoms with van der Waals surface area (Å²) in [5.41, 5.74) is 0. The lowest BCUT2D eigenvalue weighted by Gasteiger charge is -2.49. The van der Waals surface area contributed by atoms with Crippen LogP contribution in [0.2, 0.25) is 10.0 Å². The second-order valence-corrected chi connectivity index (χ2v) is 7.59. The lowest BCUT2D eigenvalue weighted by Crippen LogP contribution is -2.69. The molecule has 5 atom stereocenters. The number of nitrogens with one attached hydrogen (secondary N) is 1. The maximum atomic E-state index is 11.6. The zero-order valence-electron chi connectivity index (χ0n) is 14.6. The SMILES string of the molecule is CC(=O)N[C@@H]1[C@H](Oc2ccc(Cl)cc2Cl)O[C@@H]2COC(C)(C)O[C@H]2[C@@H]1O. The van der Waals surface area contributed by atoms with Gasteiger partial charge in [0.15, 0.2) is 5.79 Å². The zero-order valence-corrected chi connectivity index (χ0v) is 16.1. The van der Waals surface area contributed by atoms with E-state index in [1.165, 1.54) is 13.0 Å². The molecule has 1 aromatic rings. The van der Waals surface area contributed by atoms with Crippen molar-refractivity contribution in [1.29, 1.82) is 0 Å². The van der Waals surface area contributed by atoms with E-state index in [4.69, 9.17) is 42.1 Å². The first kappa shape index (κ1) is 19.7. The quantitative estimate of drug-likeness (QED) is 0.800. The van der Waals surface area contributed by atoms with Crippen molar-refractivity contribution in [2.75, 3.05) is 6.61 Å². The van der Waals surface area contributed by atoms with E-state index in [1.54, 1.807) is 26.0 Å². The summed E-state index contributed by atoms with van der Waals surface area (Å²) in [7, 11) is 0. The van der Waals surface area contributed by atoms with E-state index in [2.05, 4.69) is 5.32 Å². The molecule has 2 N–H and O–H groups in total. The molecule has 2 heterocycles. The Kier molecular flexibility index (Phi) is 5.67. The fourth-order valence-corrected chi connectivity index (χ4v) is 3.48. The van der Waals surface area contributed by atoms with Crippen LogP contribution in [0.5, 0.6) is 5.75 Å². The predicted octanol–water partition coefficient (Wildman–Crippen LogP) is 2.11. The highest BCUT2D eigenvalue weighted by atomic mass is 35.5. The molecule has 2 fully saturated rings. The van der Waals surface area contributed by atoms with Gasteiger partial charge < -0.3 is 29.4 Å². The maximum absolute atomic E-state index is 11.6. The molecule has 0 spiro atoms. The molecule has 2 aliphatic heterocycles. The molecule has 26 heavy (non-hydrogen) atoms. The van der Waals surface area contributed by atoms with Crippen molar-refractivity contribution in [2.24, 2.45) is 0 Å². The number of halogens is 2. The molecule has 1 aromatic carbocycles. The smallest absolute Gasteiger partial charge is 0.223 e. The summed E-state index contributed by atoms with van der Waals surface area (Å²) in [6.07, 6.45) is -3.27. The van der Waals surface area contributed by atoms with Crippen LogP contribution in [-0.4, -0.2) is 54.1 Å². The second kappa shape index (κ2) is 7.50. The Morgan fingerprint density at radius 3 is 2.77 bits per heavy atom. The molecule has 7 nitrogen and oxygen atoms in total. The molecular weight excluding hydrogens is 385 g/mol. The summed E-state index contributed by atoms with van der Waals surface area (Å²) in [6.45, 7) is 5.06. The van der Waals surface area contributed by atoms with Gasteiger partial charge >= 0.3 is 0 Å². The molecule has 2 aliphatic rings. The minimum absolute atomic E-state index is 0.218. The molecule has 144 valence electrons. The van der Waals surface area contributed by atoms with Gasteiger partial charge in [0.25, 0.3) is 0 Å². The molecule has 0 radical (unpaired) electrons. The number of amides is 1. The molecular formula is C17H21Cl2NO6. The van der Waals surface area contributed by atoms with Gasteiger partial charge in [-0.1, -0.05) is 23.2 Å². The first-order valence-electron chi connectivity index (χ1n) is 8.20. The van der Waals surface area contributed by atoms with E-state index < -0.39 is 36.4 Å². The second-order valence-electron chi connectivity index (χ2n) is 6.75. The number of aliphatic hydroxyl groups is 1. The van der Waals surface area contributed by atoms with Crippen molar-refractivity contribution in [3.05, 3.63) is 28.2 Å². The summed E-state index contributed by atoms with van der Waals surface area (Å²) in [5.74, 6) is -0.877. The molecule has 0 bridgehead atoms. The number of rotatable bonds is 3. The summed E-state index contributed by atoms with van der Waals surface area (Å²) < 4.78 is 23.1. The topological polar surface area (TPSA) is 86.3 Å². The van der Waals surface area contributed by atoms with Crippen LogP contribution in [0.4, 0.5) is 0 Å². The average molecular weight is 406 g/mol. The zero-order chi connectivity index (χ0) is 19.1. The Hall–Kier alpha value is -1.09. The van der Waals surface area contributed by atoms with Crippen LogP contribution in [0.1, 0.15) is 20.8 Å². The van der Waals surface area contributed by atoms with Gasteiger partial charge in [-0.2, -0.15) is 0 Å². The Bertz CT molecular complexity index is 685. The molecule has 0 saturated carbocycles. The van der Waals surface area contributed by atoms with Crippen LogP contribution in [0.25, 0.3) is 0 Å². The summed E-state index contributed by atoms with van der Waals surface area (Å²) in [5, 5.41) is 14.2. The fourth-order valence-electron chi connectivity index (χ4n) is 3.03. The van der Waals surface area contributed by atoms with Crippen LogP contribution in [0, 0.1) is 0 Å². The van der Waals surface area contributed by atoms with Gasteiger partial charge in [0, 0.05) is 11.9 Å². The number of aliphatic hydroxyl groups excluding tert-OH is 1. The maximum Gasteiger partial charge on any atom is 0.223 e. The minimum Gasteiger partial charge on any atom is -0.461 e. The van der Waals surface area contributed by atoms with Gasteiger partial charge in [-0.25, -0.2) is 0 Å². The van der Waals surface area contributed by atoms with Crippen molar-refractivity contribution < 1.29 is 28.8 Å². The van der Waals surface area contributed by atoms with E-state index in [0.29, 0.717) is 10.8 Å². The first-order chi connectivity index (χ1) is 12.2. The Balaban J connectivity index is 1.84. The molecule has 9 heteroatoms. The number of benzene rings is 1. The number of hydrogen-bond acceptors (Lipinski definition) is 6. The van der Waals surface area contributed by atoms with Crippen molar-refractivity contribution in [3.8, 4) is 5.75 Å². The Morgan fingerprint density at radius 1 is 1.38 bits per heavy atom. The van der Waals surface area contributed by atoms with Crippen LogP contribution < -0.4 is 10.1 Å². The van der Waals surface area contributed by atoms with Gasteiger partial charge in [-0.05, 0) is 32.0 Å². The number of ether oxygens (including phenoxy) is 4. The highest BCUT2D eigenvalue weighted by Gasteiger charge is 2.52. The number of carbonyl (C=O) groups excluding carboxylic acids is 1. The van der Waals surface area contributed by atoms with Crippen LogP contribution in [0.15, 0.2) is 18.2 Å². The highest BCUT2D eigenvalue weighted by Crippen LogP contribution is 2.35. The van der Waals surface area contributed by atoms with Gasteiger partial charge in [0.1, 0.15) is 30.1 Å². The molecule has 1 amide bonds. The van der Waals surface area contributed by atoms with Gasteiger partial charge in [-0.3, -0.25) is 4.79 Å². The van der Waals surface area contributed by atoms with E-state index in [-0.39, 0.29) is 17.5 Å². The number of fused-ring (bicyclic) bond motifs is 1. The summed E-state index contributed by atoms with van der Waals surface area (Å²) >= 11 is 12.0. The van der Waals surface area contributed by atoms with Crippen LogP contribution in [0.3, 0.4) is 0 Å². The van der Waals surface area contributed by atoms with Crippen molar-refractivity contribution in [1.82, 2.24) is 5.32 Å². The number of carbonyl (C=O) groups is 1. The third-order valence-corrected chi connectivity index (χ3v) is 4.73. The van der Waals surface area contributed by atoms with Crippen molar-refractivity contribution >= 4 is 29.1 Å². The monoisotopic (exact) mass is 405 g/mol. The van der Waals surface area contributed by atoms with Crippen LogP contribution in [-0.2, 0) is 19.0 Å². The number of hydrogen-bond donors (Lipinski definition) is 2. The lowest BCUT2D eigenvalue weighted by atomic mass is 9.95. The molecule has 0 unspecified atom stereocenters. The van der Waals surface area contributed by atoms with E-state index in [9.17, 15) is 9.90 Å². The Morgan fingerprint density at radius 2 is 2.12 bits per heavy atom. The minimum atomic E-state index is -1.06. The standard InChI is InChI=1S/C17H21Cl2NO6/c1-8(21)20-13-14(22)15-12(7-23-17(2,3)26-15)25-16(13)24-11-5-4-9(18)6-10(11)19/h4-6,12-16,22H,7H2,1-3H3,(H,20,21)/t12-,13+,14-,15-,16-/m1/s1. The van der Waals surface area contributed by atoms with Gasteiger partial charge in [-0.15, -0.1) is 0 Å². The van der Waals surface area contributed by atoms with E-state index in [0.717, 1.165) is 0 Å². The average Bonchev–Trinajstić information content (AvgIpc) is 2.53. The fraction of sp³-hybridized carbons (Fsp3) is 0.588. The van der Waals surface area contributed by atoms with E-state index in [1.807, 2.05) is 0 Å². The molecule has 0 aromatic heterocycles. The van der Waals surface area contributed by atoms with E-state index >= 15 is 0 Å². The third kappa shape index (κ3) is 4.24. The van der Waals surface area contributed by atoms with Crippen molar-refractivity contribution in [3.63, 3.8) is 0 Å². The van der Waals surface area contributed by atoms with Gasteiger partial charge in [0.2, 0.25) is 12.2 Å². The normalized spacial score (nSPS) is 33.2. The highest BCUT2D eigenvalue weighted by molar-refractivity contribution is 6.35. The Labute approximate surface area is 161 Å².